The van der Waals surface area contributed by atoms with Crippen molar-refractivity contribution in [1.29, 1.82) is 0 Å². The maximum absolute atomic E-state index is 6.17. The first-order valence-corrected chi connectivity index (χ1v) is 9.36. The van der Waals surface area contributed by atoms with Crippen molar-refractivity contribution in [3.8, 4) is 11.5 Å². The molecule has 0 unspecified atom stereocenters. The van der Waals surface area contributed by atoms with E-state index in [-0.39, 0.29) is 10.8 Å². The molecular weight excluding hydrogens is 320 g/mol. The van der Waals surface area contributed by atoms with Crippen molar-refractivity contribution in [2.24, 2.45) is 10.8 Å². The van der Waals surface area contributed by atoms with E-state index in [4.69, 9.17) is 9.47 Å². The van der Waals surface area contributed by atoms with Crippen LogP contribution in [0.2, 0.25) is 0 Å². The van der Waals surface area contributed by atoms with E-state index in [0.717, 1.165) is 11.5 Å². The summed E-state index contributed by atoms with van der Waals surface area (Å²) in [7, 11) is 0. The first-order valence-electron chi connectivity index (χ1n) is 9.36. The van der Waals surface area contributed by atoms with Gasteiger partial charge in [-0.25, -0.2) is 0 Å². The summed E-state index contributed by atoms with van der Waals surface area (Å²) >= 11 is 0. The van der Waals surface area contributed by atoms with Gasteiger partial charge in [-0.3, -0.25) is 0 Å². The molecule has 2 heterocycles. The Labute approximate surface area is 156 Å². The Bertz CT molecular complexity index is 922. The lowest BCUT2D eigenvalue weighted by molar-refractivity contribution is 0.453. The van der Waals surface area contributed by atoms with Crippen molar-refractivity contribution >= 4 is 21.9 Å². The monoisotopic (exact) mass is 348 g/mol. The van der Waals surface area contributed by atoms with Crippen molar-refractivity contribution < 1.29 is 9.47 Å². The van der Waals surface area contributed by atoms with E-state index in [2.05, 4.69) is 67.5 Å². The Morgan fingerprint density at radius 3 is 1.27 bits per heavy atom. The molecule has 0 atom stereocenters. The Kier molecular flexibility index (Phi) is 3.41. The number of rotatable bonds is 0. The fourth-order valence-corrected chi connectivity index (χ4v) is 4.10. The Hall–Kier alpha value is -2.22. The summed E-state index contributed by atoms with van der Waals surface area (Å²) in [6.07, 6.45) is 3.88. The van der Waals surface area contributed by atoms with Gasteiger partial charge in [0.1, 0.15) is 11.5 Å². The average molecular weight is 348 g/mol. The number of allylic oxidation sites excluding steroid dienone is 2. The number of hydrogen-bond donors (Lipinski definition) is 0. The molecule has 2 aliphatic rings. The van der Waals surface area contributed by atoms with Gasteiger partial charge in [0.2, 0.25) is 0 Å². The standard InChI is InChI=1S/C24H28O2/c1-13-9-15-17(23(3,4)5)12-26-22-14(2)10-16-18(24(6,7)8)11-25-21(13)19(16)20(15)22/h9-12H,1-8H3. The molecule has 0 aliphatic carbocycles. The zero-order valence-corrected chi connectivity index (χ0v) is 17.1. The summed E-state index contributed by atoms with van der Waals surface area (Å²) in [4.78, 5) is 0. The Morgan fingerprint density at radius 1 is 0.615 bits per heavy atom. The van der Waals surface area contributed by atoms with Crippen LogP contribution in [0.25, 0.3) is 21.9 Å². The fraction of sp³-hybridized carbons (Fsp3) is 0.417. The highest BCUT2D eigenvalue weighted by molar-refractivity contribution is 6.10. The number of benzene rings is 2. The van der Waals surface area contributed by atoms with Crippen molar-refractivity contribution in [2.45, 2.75) is 55.4 Å². The maximum Gasteiger partial charge on any atom is 0.138 e. The van der Waals surface area contributed by atoms with Gasteiger partial charge in [0.25, 0.3) is 0 Å². The highest BCUT2D eigenvalue weighted by Gasteiger charge is 2.33. The largest absolute Gasteiger partial charge is 0.464 e. The van der Waals surface area contributed by atoms with Gasteiger partial charge in [-0.1, -0.05) is 41.5 Å². The van der Waals surface area contributed by atoms with Crippen molar-refractivity contribution in [1.82, 2.24) is 0 Å². The summed E-state index contributed by atoms with van der Waals surface area (Å²) in [6, 6.07) is 4.53. The van der Waals surface area contributed by atoms with Crippen LogP contribution in [0.3, 0.4) is 0 Å². The molecule has 0 radical (unpaired) electrons. The zero-order valence-electron chi connectivity index (χ0n) is 17.1. The molecule has 0 saturated carbocycles. The van der Waals surface area contributed by atoms with Gasteiger partial charge in [0.05, 0.1) is 12.5 Å². The summed E-state index contributed by atoms with van der Waals surface area (Å²) in [5, 5.41) is 2.39. The van der Waals surface area contributed by atoms with E-state index < -0.39 is 0 Å². The molecule has 26 heavy (non-hydrogen) atoms. The van der Waals surface area contributed by atoms with Crippen molar-refractivity contribution in [2.75, 3.05) is 0 Å². The summed E-state index contributed by atoms with van der Waals surface area (Å²) in [6.45, 7) is 17.7. The molecule has 136 valence electrons. The molecule has 0 amide bonds. The quantitative estimate of drug-likeness (QED) is 0.509. The highest BCUT2D eigenvalue weighted by Crippen LogP contribution is 2.53. The SMILES string of the molecule is Cc1cc2c3c(c(C)cc4c3c1OC=C4C(C)(C)C)OC=C2C(C)(C)C. The van der Waals surface area contributed by atoms with Crippen LogP contribution in [-0.2, 0) is 0 Å². The number of aryl methyl sites for hydroxylation is 2. The van der Waals surface area contributed by atoms with E-state index >= 15 is 0 Å². The minimum Gasteiger partial charge on any atom is -0.464 e. The van der Waals surface area contributed by atoms with Crippen molar-refractivity contribution in [3.63, 3.8) is 0 Å². The van der Waals surface area contributed by atoms with E-state index in [1.54, 1.807) is 0 Å². The normalized spacial score (nSPS) is 16.0. The van der Waals surface area contributed by atoms with Gasteiger partial charge in [0, 0.05) is 21.9 Å². The van der Waals surface area contributed by atoms with Gasteiger partial charge in [0.15, 0.2) is 0 Å². The molecule has 2 nitrogen and oxygen atoms in total. The van der Waals surface area contributed by atoms with Crippen LogP contribution < -0.4 is 9.47 Å². The molecule has 0 saturated heterocycles. The molecule has 0 bridgehead atoms. The van der Waals surface area contributed by atoms with E-state index in [1.807, 2.05) is 12.5 Å². The third kappa shape index (κ3) is 2.31. The summed E-state index contributed by atoms with van der Waals surface area (Å²) < 4.78 is 12.3. The molecule has 0 N–H and O–H groups in total. The molecule has 2 aromatic carbocycles. The molecule has 2 aromatic rings. The van der Waals surface area contributed by atoms with Crippen molar-refractivity contribution in [3.05, 3.63) is 46.9 Å². The molecule has 2 aliphatic heterocycles. The van der Waals surface area contributed by atoms with E-state index in [0.29, 0.717) is 0 Å². The van der Waals surface area contributed by atoms with E-state index in [1.165, 1.54) is 44.2 Å². The maximum atomic E-state index is 6.17. The molecular formula is C24H28O2. The molecule has 2 heteroatoms. The van der Waals surface area contributed by atoms with E-state index in [9.17, 15) is 0 Å². The predicted molar refractivity (Wildman–Crippen MR) is 110 cm³/mol. The summed E-state index contributed by atoms with van der Waals surface area (Å²) in [5.74, 6) is 1.93. The fourth-order valence-electron chi connectivity index (χ4n) is 4.10. The van der Waals surface area contributed by atoms with Gasteiger partial charge in [-0.15, -0.1) is 0 Å². The van der Waals surface area contributed by atoms with Gasteiger partial charge in [-0.05, 0) is 59.1 Å². The van der Waals surface area contributed by atoms with Crippen LogP contribution in [0.4, 0.5) is 0 Å². The molecule has 0 spiro atoms. The predicted octanol–water partition coefficient (Wildman–Crippen LogP) is 7.02. The first kappa shape index (κ1) is 17.2. The Balaban J connectivity index is 2.17. The third-order valence-electron chi connectivity index (χ3n) is 5.47. The Morgan fingerprint density at radius 2 is 0.962 bits per heavy atom. The second-order valence-corrected chi connectivity index (χ2v) is 9.69. The molecule has 0 aromatic heterocycles. The lowest BCUT2D eigenvalue weighted by Gasteiger charge is -2.33. The minimum absolute atomic E-state index is 0.0101. The van der Waals surface area contributed by atoms with Crippen LogP contribution in [0.5, 0.6) is 11.5 Å². The molecule has 0 fully saturated rings. The van der Waals surface area contributed by atoms with Crippen LogP contribution in [-0.4, -0.2) is 0 Å². The average Bonchev–Trinajstić information content (AvgIpc) is 2.51. The van der Waals surface area contributed by atoms with Gasteiger partial charge >= 0.3 is 0 Å². The number of hydrogen-bond acceptors (Lipinski definition) is 2. The number of ether oxygens (including phenoxy) is 2. The molecule has 4 rings (SSSR count). The summed E-state index contributed by atoms with van der Waals surface area (Å²) in [5.41, 5.74) is 7.39. The lowest BCUT2D eigenvalue weighted by atomic mass is 9.75. The van der Waals surface area contributed by atoms with Crippen LogP contribution in [0.1, 0.15) is 63.8 Å². The van der Waals surface area contributed by atoms with Crippen LogP contribution in [0, 0.1) is 24.7 Å². The van der Waals surface area contributed by atoms with Gasteiger partial charge in [-0.2, -0.15) is 0 Å². The van der Waals surface area contributed by atoms with Gasteiger partial charge < -0.3 is 9.47 Å². The van der Waals surface area contributed by atoms with Crippen LogP contribution in [0.15, 0.2) is 24.7 Å². The zero-order chi connectivity index (χ0) is 19.0. The third-order valence-corrected chi connectivity index (χ3v) is 5.47. The highest BCUT2D eigenvalue weighted by atomic mass is 16.5. The second-order valence-electron chi connectivity index (χ2n) is 9.69. The first-order chi connectivity index (χ1) is 12.0. The second kappa shape index (κ2) is 5.16. The van der Waals surface area contributed by atoms with Crippen LogP contribution >= 0.6 is 0 Å². The minimum atomic E-state index is 0.0101. The lowest BCUT2D eigenvalue weighted by Crippen LogP contribution is -2.17. The topological polar surface area (TPSA) is 18.5 Å². The smallest absolute Gasteiger partial charge is 0.138 e.